The first-order valence-corrected chi connectivity index (χ1v) is 8.47. The quantitative estimate of drug-likeness (QED) is 0.599. The Balaban J connectivity index is 0.00000288. The monoisotopic (exact) mass is 420 g/mol. The van der Waals surface area contributed by atoms with Crippen molar-refractivity contribution >= 4 is 40.2 Å². The molecule has 0 saturated carbocycles. The average molecular weight is 422 g/mol. The highest BCUT2D eigenvalue weighted by molar-refractivity contribution is 9.10. The Morgan fingerprint density at radius 3 is 2.88 bits per heavy atom. The van der Waals surface area contributed by atoms with Crippen molar-refractivity contribution in [2.75, 3.05) is 26.2 Å². The first-order chi connectivity index (χ1) is 11.1. The number of carbonyl (C=O) groups excluding carboxylic acids is 1. The van der Waals surface area contributed by atoms with E-state index in [4.69, 9.17) is 9.84 Å². The average Bonchev–Trinajstić information content (AvgIpc) is 2.91. The van der Waals surface area contributed by atoms with Crippen LogP contribution in [0.2, 0.25) is 0 Å². The van der Waals surface area contributed by atoms with Crippen molar-refractivity contribution < 1.29 is 19.4 Å². The highest BCUT2D eigenvalue weighted by Gasteiger charge is 2.18. The molecule has 1 saturated heterocycles. The molecular weight excluding hydrogens is 400 g/mol. The molecule has 0 spiro atoms. The number of carboxylic acid groups (broad SMARTS) is 1. The normalized spacial score (nSPS) is 13.7. The number of halogens is 2. The molecule has 2 N–H and O–H groups in total. The molecule has 1 aromatic rings. The van der Waals surface area contributed by atoms with Crippen LogP contribution in [0.1, 0.15) is 24.8 Å². The number of hydrogen-bond acceptors (Lipinski definition) is 4. The summed E-state index contributed by atoms with van der Waals surface area (Å²) in [6, 6.07) is 5.49. The summed E-state index contributed by atoms with van der Waals surface area (Å²) in [5.41, 5.74) is 0.901. The zero-order valence-corrected chi connectivity index (χ0v) is 15.7. The SMILES string of the molecule is Cl.O=C(O)COc1ccc(Br)cc1CNCCCN1CCCC1=O. The van der Waals surface area contributed by atoms with Gasteiger partial charge in [0, 0.05) is 36.1 Å². The van der Waals surface area contributed by atoms with Gasteiger partial charge in [0.15, 0.2) is 6.61 Å². The molecule has 1 fully saturated rings. The largest absolute Gasteiger partial charge is 0.482 e. The van der Waals surface area contributed by atoms with E-state index in [1.54, 1.807) is 6.07 Å². The van der Waals surface area contributed by atoms with Crippen molar-refractivity contribution in [3.8, 4) is 5.75 Å². The zero-order chi connectivity index (χ0) is 16.7. The fraction of sp³-hybridized carbons (Fsp3) is 0.500. The van der Waals surface area contributed by atoms with Gasteiger partial charge in [-0.25, -0.2) is 4.79 Å². The number of rotatable bonds is 9. The van der Waals surface area contributed by atoms with E-state index in [2.05, 4.69) is 21.2 Å². The first kappa shape index (κ1) is 20.7. The number of carbonyl (C=O) groups is 2. The Bertz CT molecular complexity index is 571. The Hall–Kier alpha value is -1.31. The van der Waals surface area contributed by atoms with Crippen LogP contribution in [0.25, 0.3) is 0 Å². The molecule has 0 radical (unpaired) electrons. The molecule has 134 valence electrons. The Morgan fingerprint density at radius 2 is 2.21 bits per heavy atom. The maximum absolute atomic E-state index is 11.5. The lowest BCUT2D eigenvalue weighted by Gasteiger charge is -2.16. The second-order valence-corrected chi connectivity index (χ2v) is 6.36. The second-order valence-electron chi connectivity index (χ2n) is 5.45. The van der Waals surface area contributed by atoms with Gasteiger partial charge in [-0.2, -0.15) is 0 Å². The smallest absolute Gasteiger partial charge is 0.341 e. The van der Waals surface area contributed by atoms with Gasteiger partial charge in [0.25, 0.3) is 0 Å². The third-order valence-corrected chi connectivity index (χ3v) is 4.14. The molecule has 6 nitrogen and oxygen atoms in total. The molecule has 24 heavy (non-hydrogen) atoms. The molecule has 0 aromatic heterocycles. The topological polar surface area (TPSA) is 78.9 Å². The van der Waals surface area contributed by atoms with Gasteiger partial charge in [0.2, 0.25) is 5.91 Å². The first-order valence-electron chi connectivity index (χ1n) is 7.68. The van der Waals surface area contributed by atoms with Gasteiger partial charge < -0.3 is 20.1 Å². The van der Waals surface area contributed by atoms with E-state index in [-0.39, 0.29) is 24.9 Å². The summed E-state index contributed by atoms with van der Waals surface area (Å²) in [4.78, 5) is 24.0. The fourth-order valence-electron chi connectivity index (χ4n) is 2.52. The van der Waals surface area contributed by atoms with Gasteiger partial charge in [-0.3, -0.25) is 4.79 Å². The van der Waals surface area contributed by atoms with Crippen molar-refractivity contribution in [2.45, 2.75) is 25.8 Å². The Labute approximate surface area is 156 Å². The van der Waals surface area contributed by atoms with Crippen molar-refractivity contribution in [3.63, 3.8) is 0 Å². The number of nitrogens with zero attached hydrogens (tertiary/aromatic N) is 1. The summed E-state index contributed by atoms with van der Waals surface area (Å²) in [5.74, 6) is -0.179. The number of amides is 1. The minimum absolute atomic E-state index is 0. The molecule has 1 aliphatic rings. The molecule has 0 atom stereocenters. The summed E-state index contributed by atoms with van der Waals surface area (Å²) >= 11 is 3.41. The van der Waals surface area contributed by atoms with Gasteiger partial charge in [0.1, 0.15) is 5.75 Å². The standard InChI is InChI=1S/C16H21BrN2O4.ClH/c17-13-4-5-14(23-11-16(21)22)12(9-13)10-18-6-2-8-19-7-1-3-15(19)20;/h4-5,9,18H,1-3,6-8,10-11H2,(H,21,22);1H. The predicted octanol–water partition coefficient (Wildman–Crippen LogP) is 2.44. The molecule has 1 amide bonds. The number of nitrogens with one attached hydrogen (secondary N) is 1. The highest BCUT2D eigenvalue weighted by atomic mass is 79.9. The molecule has 2 rings (SSSR count). The van der Waals surface area contributed by atoms with Gasteiger partial charge in [-0.05, 0) is 37.6 Å². The van der Waals surface area contributed by atoms with Crippen LogP contribution in [0.15, 0.2) is 22.7 Å². The van der Waals surface area contributed by atoms with E-state index in [0.717, 1.165) is 42.5 Å². The number of hydrogen-bond donors (Lipinski definition) is 2. The molecule has 1 aliphatic heterocycles. The lowest BCUT2D eigenvalue weighted by molar-refractivity contribution is -0.139. The number of carboxylic acids is 1. The van der Waals surface area contributed by atoms with Crippen LogP contribution in [-0.4, -0.2) is 48.1 Å². The summed E-state index contributed by atoms with van der Waals surface area (Å²) in [7, 11) is 0. The van der Waals surface area contributed by atoms with E-state index in [1.807, 2.05) is 17.0 Å². The summed E-state index contributed by atoms with van der Waals surface area (Å²) in [6.07, 6.45) is 2.54. The van der Waals surface area contributed by atoms with Crippen LogP contribution in [0.4, 0.5) is 0 Å². The summed E-state index contributed by atoms with van der Waals surface area (Å²) < 4.78 is 6.21. The van der Waals surface area contributed by atoms with E-state index in [1.165, 1.54) is 0 Å². The Morgan fingerprint density at radius 1 is 1.42 bits per heavy atom. The number of benzene rings is 1. The number of likely N-dealkylation sites (tertiary alicyclic amines) is 1. The molecule has 1 heterocycles. The predicted molar refractivity (Wildman–Crippen MR) is 96.7 cm³/mol. The van der Waals surface area contributed by atoms with Crippen molar-refractivity contribution in [2.24, 2.45) is 0 Å². The van der Waals surface area contributed by atoms with Crippen molar-refractivity contribution in [1.82, 2.24) is 10.2 Å². The lowest BCUT2D eigenvalue weighted by Crippen LogP contribution is -2.28. The third kappa shape index (κ3) is 6.67. The van der Waals surface area contributed by atoms with Crippen LogP contribution >= 0.6 is 28.3 Å². The van der Waals surface area contributed by atoms with Gasteiger partial charge in [0.05, 0.1) is 0 Å². The van der Waals surface area contributed by atoms with E-state index < -0.39 is 5.97 Å². The molecule has 1 aromatic carbocycles. The van der Waals surface area contributed by atoms with Crippen LogP contribution in [0, 0.1) is 0 Å². The molecule has 0 aliphatic carbocycles. The van der Waals surface area contributed by atoms with Crippen LogP contribution in [0.3, 0.4) is 0 Å². The van der Waals surface area contributed by atoms with Gasteiger partial charge >= 0.3 is 5.97 Å². The number of aliphatic carboxylic acids is 1. The van der Waals surface area contributed by atoms with Gasteiger partial charge in [-0.1, -0.05) is 15.9 Å². The van der Waals surface area contributed by atoms with Crippen molar-refractivity contribution in [3.05, 3.63) is 28.2 Å². The third-order valence-electron chi connectivity index (χ3n) is 3.64. The van der Waals surface area contributed by atoms with Crippen LogP contribution in [0.5, 0.6) is 5.75 Å². The minimum atomic E-state index is -0.998. The molecule has 0 bridgehead atoms. The van der Waals surface area contributed by atoms with E-state index in [9.17, 15) is 9.59 Å². The van der Waals surface area contributed by atoms with Gasteiger partial charge in [-0.15, -0.1) is 12.4 Å². The van der Waals surface area contributed by atoms with E-state index in [0.29, 0.717) is 18.7 Å². The fourth-order valence-corrected chi connectivity index (χ4v) is 2.93. The minimum Gasteiger partial charge on any atom is -0.482 e. The summed E-state index contributed by atoms with van der Waals surface area (Å²) in [5, 5.41) is 12.0. The second kappa shape index (κ2) is 10.5. The van der Waals surface area contributed by atoms with Crippen molar-refractivity contribution in [1.29, 1.82) is 0 Å². The van der Waals surface area contributed by atoms with E-state index >= 15 is 0 Å². The highest BCUT2D eigenvalue weighted by Crippen LogP contribution is 2.23. The molecular formula is C16H22BrClN2O4. The summed E-state index contributed by atoms with van der Waals surface area (Å²) in [6.45, 7) is 2.67. The van der Waals surface area contributed by atoms with Crippen LogP contribution in [-0.2, 0) is 16.1 Å². The molecule has 8 heteroatoms. The Kier molecular flexibility index (Phi) is 9.10. The van der Waals surface area contributed by atoms with Crippen LogP contribution < -0.4 is 10.1 Å². The number of ether oxygens (including phenoxy) is 1. The lowest BCUT2D eigenvalue weighted by atomic mass is 10.2. The molecule has 0 unspecified atom stereocenters. The maximum atomic E-state index is 11.5. The zero-order valence-electron chi connectivity index (χ0n) is 13.3. The maximum Gasteiger partial charge on any atom is 0.341 e.